The molecule has 108 valence electrons. The van der Waals surface area contributed by atoms with Crippen molar-refractivity contribution in [2.24, 2.45) is 5.41 Å². The lowest BCUT2D eigenvalue weighted by molar-refractivity contribution is -0.143. The number of carbonyl (C=O) groups is 2. The Kier molecular flexibility index (Phi) is 4.22. The van der Waals surface area contributed by atoms with Crippen LogP contribution in [-0.2, 0) is 11.2 Å². The number of carbonyl (C=O) groups excluding carboxylic acids is 1. The molecule has 0 spiro atoms. The number of carboxylic acids is 1. The lowest BCUT2D eigenvalue weighted by atomic mass is 10.1. The van der Waals surface area contributed by atoms with E-state index in [1.54, 1.807) is 12.1 Å². The van der Waals surface area contributed by atoms with Crippen LogP contribution in [0.5, 0.6) is 0 Å². The van der Waals surface area contributed by atoms with E-state index >= 15 is 0 Å². The molecule has 2 amide bonds. The van der Waals surface area contributed by atoms with E-state index in [-0.39, 0.29) is 12.4 Å². The molecule has 3 N–H and O–H groups in total. The predicted octanol–water partition coefficient (Wildman–Crippen LogP) is 1.53. The molecule has 0 aromatic heterocycles. The number of halogens is 1. The fraction of sp³-hybridized carbons (Fsp3) is 0.429. The number of nitrogens with one attached hydrogen (secondary N) is 2. The molecule has 0 unspecified atom stereocenters. The van der Waals surface area contributed by atoms with Gasteiger partial charge in [-0.3, -0.25) is 4.79 Å². The summed E-state index contributed by atoms with van der Waals surface area (Å²) in [5.74, 6) is -1.17. The summed E-state index contributed by atoms with van der Waals surface area (Å²) < 4.78 is 12.9. The highest BCUT2D eigenvalue weighted by Gasteiger charge is 2.50. The molecule has 1 aromatic carbocycles. The third-order valence-electron chi connectivity index (χ3n) is 3.48. The van der Waals surface area contributed by atoms with Crippen molar-refractivity contribution in [3.8, 4) is 0 Å². The SMILES string of the molecule is O=C(NCCc1cccc(F)c1)NCC1(C(=O)O)CC1. The molecule has 0 heterocycles. The first-order valence-electron chi connectivity index (χ1n) is 6.51. The van der Waals surface area contributed by atoms with Crippen molar-refractivity contribution < 1.29 is 19.1 Å². The maximum absolute atomic E-state index is 12.9. The Bertz CT molecular complexity index is 515. The maximum Gasteiger partial charge on any atom is 0.314 e. The van der Waals surface area contributed by atoms with Gasteiger partial charge in [0.05, 0.1) is 5.41 Å². The molecule has 5 nitrogen and oxygen atoms in total. The number of rotatable bonds is 6. The van der Waals surface area contributed by atoms with E-state index in [1.807, 2.05) is 0 Å². The molecule has 20 heavy (non-hydrogen) atoms. The van der Waals surface area contributed by atoms with E-state index in [9.17, 15) is 14.0 Å². The van der Waals surface area contributed by atoms with E-state index < -0.39 is 17.4 Å². The fourth-order valence-corrected chi connectivity index (χ4v) is 1.94. The molecule has 0 radical (unpaired) electrons. The topological polar surface area (TPSA) is 78.4 Å². The van der Waals surface area contributed by atoms with Crippen LogP contribution in [-0.4, -0.2) is 30.2 Å². The molecule has 1 aliphatic carbocycles. The third-order valence-corrected chi connectivity index (χ3v) is 3.48. The zero-order valence-corrected chi connectivity index (χ0v) is 11.0. The Morgan fingerprint density at radius 2 is 2.05 bits per heavy atom. The maximum atomic E-state index is 12.9. The molecule has 0 aliphatic heterocycles. The minimum atomic E-state index is -0.863. The van der Waals surface area contributed by atoms with Crippen molar-refractivity contribution in [3.63, 3.8) is 0 Å². The normalized spacial score (nSPS) is 15.4. The van der Waals surface area contributed by atoms with Crippen molar-refractivity contribution >= 4 is 12.0 Å². The van der Waals surface area contributed by atoms with Crippen LogP contribution >= 0.6 is 0 Å². The Labute approximate surface area is 116 Å². The van der Waals surface area contributed by atoms with Crippen LogP contribution in [0.2, 0.25) is 0 Å². The molecule has 1 saturated carbocycles. The highest BCUT2D eigenvalue weighted by molar-refractivity contribution is 5.80. The van der Waals surface area contributed by atoms with Crippen molar-refractivity contribution in [1.82, 2.24) is 10.6 Å². The highest BCUT2D eigenvalue weighted by atomic mass is 19.1. The molecule has 1 fully saturated rings. The summed E-state index contributed by atoms with van der Waals surface area (Å²) in [6.45, 7) is 0.517. The Hall–Kier alpha value is -2.11. The molecule has 0 bridgehead atoms. The first kappa shape index (κ1) is 14.3. The lowest BCUT2D eigenvalue weighted by Gasteiger charge is -2.12. The molecular weight excluding hydrogens is 263 g/mol. The number of benzene rings is 1. The van der Waals surface area contributed by atoms with Crippen LogP contribution in [0.3, 0.4) is 0 Å². The first-order valence-corrected chi connectivity index (χ1v) is 6.51. The average Bonchev–Trinajstić information content (AvgIpc) is 3.18. The van der Waals surface area contributed by atoms with Gasteiger partial charge in [-0.25, -0.2) is 9.18 Å². The molecular formula is C14H17FN2O3. The summed E-state index contributed by atoms with van der Waals surface area (Å²) in [5.41, 5.74) is 0.0365. The minimum absolute atomic E-state index is 0.147. The van der Waals surface area contributed by atoms with Crippen molar-refractivity contribution in [1.29, 1.82) is 0 Å². The quantitative estimate of drug-likeness (QED) is 0.739. The van der Waals surface area contributed by atoms with Crippen molar-refractivity contribution in [2.75, 3.05) is 13.1 Å². The number of carboxylic acid groups (broad SMARTS) is 1. The van der Waals surface area contributed by atoms with Gasteiger partial charge in [0.15, 0.2) is 0 Å². The van der Waals surface area contributed by atoms with Crippen LogP contribution in [0.1, 0.15) is 18.4 Å². The predicted molar refractivity (Wildman–Crippen MR) is 70.8 cm³/mol. The Balaban J connectivity index is 1.67. The summed E-state index contributed by atoms with van der Waals surface area (Å²) in [6.07, 6.45) is 1.73. The Morgan fingerprint density at radius 3 is 2.65 bits per heavy atom. The van der Waals surface area contributed by atoms with Gasteiger partial charge in [-0.2, -0.15) is 0 Å². The van der Waals surface area contributed by atoms with Crippen molar-refractivity contribution in [2.45, 2.75) is 19.3 Å². The van der Waals surface area contributed by atoms with Gasteiger partial charge in [0, 0.05) is 13.1 Å². The summed E-state index contributed by atoms with van der Waals surface area (Å²) in [4.78, 5) is 22.4. The molecule has 2 rings (SSSR count). The van der Waals surface area contributed by atoms with Gasteiger partial charge in [-0.15, -0.1) is 0 Å². The zero-order chi connectivity index (χ0) is 14.6. The number of hydrogen-bond acceptors (Lipinski definition) is 2. The van der Waals surface area contributed by atoms with Gasteiger partial charge >= 0.3 is 12.0 Å². The standard InChI is InChI=1S/C14H17FN2O3/c15-11-3-1-2-10(8-11)4-7-16-13(20)17-9-14(5-6-14)12(18)19/h1-3,8H,4-7,9H2,(H,18,19)(H2,16,17,20). The number of amides is 2. The van der Waals surface area contributed by atoms with Gasteiger partial charge in [-0.1, -0.05) is 12.1 Å². The lowest BCUT2D eigenvalue weighted by Crippen LogP contribution is -2.41. The summed E-state index contributed by atoms with van der Waals surface area (Å²) in [6, 6.07) is 5.79. The van der Waals surface area contributed by atoms with Gasteiger partial charge in [0.1, 0.15) is 5.82 Å². The third kappa shape index (κ3) is 3.69. The summed E-state index contributed by atoms with van der Waals surface area (Å²) in [7, 11) is 0. The smallest absolute Gasteiger partial charge is 0.314 e. The zero-order valence-electron chi connectivity index (χ0n) is 11.0. The molecule has 6 heteroatoms. The van der Waals surface area contributed by atoms with E-state index in [0.717, 1.165) is 5.56 Å². The van der Waals surface area contributed by atoms with Gasteiger partial charge in [0.2, 0.25) is 0 Å². The molecule has 0 saturated heterocycles. The largest absolute Gasteiger partial charge is 0.481 e. The number of urea groups is 1. The minimum Gasteiger partial charge on any atom is -0.481 e. The van der Waals surface area contributed by atoms with Gasteiger partial charge < -0.3 is 15.7 Å². The van der Waals surface area contributed by atoms with Crippen LogP contribution in [0.4, 0.5) is 9.18 Å². The van der Waals surface area contributed by atoms with Crippen LogP contribution in [0.15, 0.2) is 24.3 Å². The molecule has 0 atom stereocenters. The van der Waals surface area contributed by atoms with Gasteiger partial charge in [0.25, 0.3) is 0 Å². The summed E-state index contributed by atoms with van der Waals surface area (Å²) >= 11 is 0. The second-order valence-corrected chi connectivity index (χ2v) is 5.07. The summed E-state index contributed by atoms with van der Waals surface area (Å²) in [5, 5.41) is 14.1. The van der Waals surface area contributed by atoms with Crippen LogP contribution in [0, 0.1) is 11.2 Å². The molecule has 1 aliphatic rings. The highest BCUT2D eigenvalue weighted by Crippen LogP contribution is 2.45. The monoisotopic (exact) mass is 280 g/mol. The first-order chi connectivity index (χ1) is 9.52. The second kappa shape index (κ2) is 5.90. The van der Waals surface area contributed by atoms with Crippen LogP contribution < -0.4 is 10.6 Å². The second-order valence-electron chi connectivity index (χ2n) is 5.07. The van der Waals surface area contributed by atoms with Crippen LogP contribution in [0.25, 0.3) is 0 Å². The van der Waals surface area contributed by atoms with E-state index in [4.69, 9.17) is 5.11 Å². The van der Waals surface area contributed by atoms with E-state index in [2.05, 4.69) is 10.6 Å². The van der Waals surface area contributed by atoms with Crippen molar-refractivity contribution in [3.05, 3.63) is 35.6 Å². The fourth-order valence-electron chi connectivity index (χ4n) is 1.94. The van der Waals surface area contributed by atoms with E-state index in [1.165, 1.54) is 12.1 Å². The average molecular weight is 280 g/mol. The molecule has 1 aromatic rings. The number of hydrogen-bond donors (Lipinski definition) is 3. The number of aliphatic carboxylic acids is 1. The van der Waals surface area contributed by atoms with E-state index in [0.29, 0.717) is 25.8 Å². The Morgan fingerprint density at radius 1 is 1.30 bits per heavy atom. The van der Waals surface area contributed by atoms with Gasteiger partial charge in [-0.05, 0) is 37.0 Å².